The van der Waals surface area contributed by atoms with Gasteiger partial charge >= 0.3 is 0 Å². The lowest BCUT2D eigenvalue weighted by Crippen LogP contribution is -2.51. The molecule has 0 radical (unpaired) electrons. The molecule has 0 aromatic heterocycles. The largest absolute Gasteiger partial charge is 0.328 e. The van der Waals surface area contributed by atoms with E-state index in [1.165, 1.54) is 0 Å². The smallest absolute Gasteiger partial charge is 0.248 e. The zero-order chi connectivity index (χ0) is 12.1. The van der Waals surface area contributed by atoms with Gasteiger partial charge in [-0.05, 0) is 12.8 Å². The number of nitrogens with two attached hydrogens (primary N) is 1. The minimum Gasteiger partial charge on any atom is -0.328 e. The van der Waals surface area contributed by atoms with Gasteiger partial charge in [-0.15, -0.1) is 0 Å². The third kappa shape index (κ3) is 4.46. The zero-order valence-corrected chi connectivity index (χ0v) is 11.0. The quantitative estimate of drug-likeness (QED) is 0.714. The van der Waals surface area contributed by atoms with Gasteiger partial charge in [-0.1, -0.05) is 0 Å². The number of carbonyl (C=O) groups excluding carboxylic acids is 1. The highest BCUT2D eigenvalue weighted by atomic mass is 32.2. The van der Waals surface area contributed by atoms with Crippen molar-refractivity contribution in [2.24, 2.45) is 5.73 Å². The number of piperidine rings is 1. The predicted molar refractivity (Wildman–Crippen MR) is 70.7 cm³/mol. The van der Waals surface area contributed by atoms with Crippen molar-refractivity contribution in [2.75, 3.05) is 44.2 Å². The first-order valence-corrected chi connectivity index (χ1v) is 7.49. The van der Waals surface area contributed by atoms with Crippen molar-refractivity contribution in [3.63, 3.8) is 0 Å². The van der Waals surface area contributed by atoms with E-state index in [-0.39, 0.29) is 5.91 Å². The van der Waals surface area contributed by atoms with E-state index in [9.17, 15) is 4.79 Å². The average molecular weight is 258 g/mol. The fourth-order valence-electron chi connectivity index (χ4n) is 2.20. The van der Waals surface area contributed by atoms with Crippen LogP contribution in [0, 0.1) is 0 Å². The van der Waals surface area contributed by atoms with Gasteiger partial charge in [0, 0.05) is 43.7 Å². The van der Waals surface area contributed by atoms with E-state index >= 15 is 0 Å². The lowest BCUT2D eigenvalue weighted by atomic mass is 10.1. The molecule has 0 spiro atoms. The number of likely N-dealkylation sites (tertiary alicyclic amines) is 1. The molecule has 6 heteroatoms. The Hall–Kier alpha value is -0.300. The third-order valence-corrected chi connectivity index (χ3v) is 4.24. The normalized spacial score (nSPS) is 24.8. The molecule has 0 saturated carbocycles. The minimum absolute atomic E-state index is 0.118. The van der Waals surface area contributed by atoms with Gasteiger partial charge in [0.2, 0.25) is 5.91 Å². The summed E-state index contributed by atoms with van der Waals surface area (Å²) in [5.74, 6) is 2.34. The first-order valence-electron chi connectivity index (χ1n) is 6.34. The van der Waals surface area contributed by atoms with Crippen LogP contribution >= 0.6 is 11.8 Å². The summed E-state index contributed by atoms with van der Waals surface area (Å²) in [6.07, 6.45) is 2.02. The van der Waals surface area contributed by atoms with Crippen molar-refractivity contribution in [3.8, 4) is 0 Å². The van der Waals surface area contributed by atoms with E-state index in [1.54, 1.807) is 0 Å². The van der Waals surface area contributed by atoms with Crippen molar-refractivity contribution in [1.82, 2.24) is 15.3 Å². The fraction of sp³-hybridized carbons (Fsp3) is 0.909. The Morgan fingerprint density at radius 1 is 1.24 bits per heavy atom. The highest BCUT2D eigenvalue weighted by molar-refractivity contribution is 7.99. The molecule has 2 rings (SSSR count). The van der Waals surface area contributed by atoms with Crippen LogP contribution in [0.15, 0.2) is 0 Å². The summed E-state index contributed by atoms with van der Waals surface area (Å²) in [4.78, 5) is 14.0. The second-order valence-corrected chi connectivity index (χ2v) is 5.97. The van der Waals surface area contributed by atoms with Crippen LogP contribution in [-0.4, -0.2) is 66.1 Å². The van der Waals surface area contributed by atoms with Crippen molar-refractivity contribution in [3.05, 3.63) is 0 Å². The van der Waals surface area contributed by atoms with Crippen LogP contribution in [0.5, 0.6) is 0 Å². The van der Waals surface area contributed by atoms with Gasteiger partial charge in [0.25, 0.3) is 0 Å². The minimum atomic E-state index is 0.118. The summed E-state index contributed by atoms with van der Waals surface area (Å²) in [5, 5.41) is 2.04. The van der Waals surface area contributed by atoms with Crippen molar-refractivity contribution >= 4 is 17.7 Å². The number of nitrogens with one attached hydrogen (secondary N) is 1. The summed E-state index contributed by atoms with van der Waals surface area (Å²) < 4.78 is 0. The lowest BCUT2D eigenvalue weighted by molar-refractivity contribution is -0.127. The van der Waals surface area contributed by atoms with Gasteiger partial charge in [0.1, 0.15) is 0 Å². The van der Waals surface area contributed by atoms with Gasteiger partial charge in [-0.2, -0.15) is 11.8 Å². The maximum Gasteiger partial charge on any atom is 0.248 e. The molecule has 0 aromatic rings. The molecule has 17 heavy (non-hydrogen) atoms. The van der Waals surface area contributed by atoms with Crippen molar-refractivity contribution in [1.29, 1.82) is 0 Å². The number of hydrogen-bond donors (Lipinski definition) is 2. The molecule has 5 nitrogen and oxygen atoms in total. The summed E-state index contributed by atoms with van der Waals surface area (Å²) in [6, 6.07) is 0.327. The molecule has 2 saturated heterocycles. The summed E-state index contributed by atoms with van der Waals surface area (Å²) in [5.41, 5.74) is 8.82. The van der Waals surface area contributed by atoms with E-state index < -0.39 is 0 Å². The van der Waals surface area contributed by atoms with Gasteiger partial charge in [0.15, 0.2) is 0 Å². The molecule has 3 N–H and O–H groups in total. The van der Waals surface area contributed by atoms with Crippen LogP contribution in [0.25, 0.3) is 0 Å². The maximum atomic E-state index is 11.8. The molecule has 0 unspecified atom stereocenters. The first-order chi connectivity index (χ1) is 8.24. The molecule has 2 fully saturated rings. The van der Waals surface area contributed by atoms with Crippen LogP contribution in [-0.2, 0) is 4.79 Å². The van der Waals surface area contributed by atoms with E-state index in [4.69, 9.17) is 5.73 Å². The van der Waals surface area contributed by atoms with E-state index in [0.29, 0.717) is 12.6 Å². The van der Waals surface area contributed by atoms with Gasteiger partial charge < -0.3 is 5.73 Å². The molecule has 2 aliphatic rings. The van der Waals surface area contributed by atoms with Crippen molar-refractivity contribution < 1.29 is 4.79 Å². The van der Waals surface area contributed by atoms with E-state index in [2.05, 4.69) is 10.3 Å². The van der Waals surface area contributed by atoms with E-state index in [1.807, 2.05) is 16.8 Å². The monoisotopic (exact) mass is 258 g/mol. The topological polar surface area (TPSA) is 61.6 Å². The highest BCUT2D eigenvalue weighted by Gasteiger charge is 2.19. The molecule has 2 heterocycles. The Morgan fingerprint density at radius 2 is 1.88 bits per heavy atom. The molecule has 1 amide bonds. The molecular formula is C11H22N4OS. The molecule has 0 aliphatic carbocycles. The van der Waals surface area contributed by atoms with Crippen LogP contribution in [0.3, 0.4) is 0 Å². The summed E-state index contributed by atoms with van der Waals surface area (Å²) in [6.45, 7) is 4.33. The summed E-state index contributed by atoms with van der Waals surface area (Å²) in [7, 11) is 0. The maximum absolute atomic E-state index is 11.8. The van der Waals surface area contributed by atoms with Crippen LogP contribution in [0.2, 0.25) is 0 Å². The second-order valence-electron chi connectivity index (χ2n) is 4.75. The number of thioether (sulfide) groups is 1. The standard InChI is InChI=1S/C11H22N4OS/c12-10-1-3-14(4-2-10)9-11(16)13-15-5-7-17-8-6-15/h10H,1-9,12H2,(H,13,16). The Bertz CT molecular complexity index is 250. The number of rotatable bonds is 3. The molecule has 0 aromatic carbocycles. The highest BCUT2D eigenvalue weighted by Crippen LogP contribution is 2.08. The number of nitrogens with zero attached hydrogens (tertiary/aromatic N) is 2. The van der Waals surface area contributed by atoms with Crippen LogP contribution in [0.1, 0.15) is 12.8 Å². The van der Waals surface area contributed by atoms with Crippen molar-refractivity contribution in [2.45, 2.75) is 18.9 Å². The number of carbonyl (C=O) groups is 1. The lowest BCUT2D eigenvalue weighted by Gasteiger charge is -2.31. The Morgan fingerprint density at radius 3 is 2.53 bits per heavy atom. The molecule has 2 aliphatic heterocycles. The molecular weight excluding hydrogens is 236 g/mol. The Balaban J connectivity index is 1.66. The average Bonchev–Trinajstić information content (AvgIpc) is 2.33. The SMILES string of the molecule is NC1CCN(CC(=O)NN2CCSCC2)CC1. The third-order valence-electron chi connectivity index (χ3n) is 3.29. The number of hydrogen-bond acceptors (Lipinski definition) is 5. The number of hydrazine groups is 1. The number of amides is 1. The van der Waals surface area contributed by atoms with Gasteiger partial charge in [0.05, 0.1) is 6.54 Å². The predicted octanol–water partition coefficient (Wildman–Crippen LogP) is -0.510. The second kappa shape index (κ2) is 6.58. The zero-order valence-electron chi connectivity index (χ0n) is 10.2. The molecule has 98 valence electrons. The molecule has 0 atom stereocenters. The molecule has 0 bridgehead atoms. The first kappa shape index (κ1) is 13.1. The fourth-order valence-corrected chi connectivity index (χ4v) is 3.10. The summed E-state index contributed by atoms with van der Waals surface area (Å²) >= 11 is 1.94. The van der Waals surface area contributed by atoms with Gasteiger partial charge in [-0.25, -0.2) is 5.01 Å². The van der Waals surface area contributed by atoms with Crippen LogP contribution in [0.4, 0.5) is 0 Å². The van der Waals surface area contributed by atoms with Crippen LogP contribution < -0.4 is 11.2 Å². The Kier molecular flexibility index (Phi) is 5.09. The Labute approximate surface area is 107 Å². The van der Waals surface area contributed by atoms with Gasteiger partial charge in [-0.3, -0.25) is 15.1 Å². The van der Waals surface area contributed by atoms with E-state index in [0.717, 1.165) is 50.5 Å².